The Hall–Kier alpha value is -0.740. The summed E-state index contributed by atoms with van der Waals surface area (Å²) in [4.78, 5) is 48.4. The Kier molecular flexibility index (Phi) is 7.67. The van der Waals surface area contributed by atoms with E-state index in [-0.39, 0.29) is 0 Å². The fourth-order valence-corrected chi connectivity index (χ4v) is 5.52. The van der Waals surface area contributed by atoms with Crippen LogP contribution in [0.15, 0.2) is 12.3 Å². The smallest absolute Gasteiger partial charge is 0.388 e. The van der Waals surface area contributed by atoms with Crippen molar-refractivity contribution in [2.75, 3.05) is 13.7 Å². The third-order valence-electron chi connectivity index (χ3n) is 3.63. The van der Waals surface area contributed by atoms with Crippen LogP contribution in [0.3, 0.4) is 0 Å². The number of methoxy groups -OCH3 is 1. The molecule has 1 fully saturated rings. The fraction of sp³-hybridized carbons (Fsp3) is 0.700. The van der Waals surface area contributed by atoms with Crippen molar-refractivity contribution in [1.82, 2.24) is 10.2 Å². The molecule has 2 rings (SSSR count). The quantitative estimate of drug-likeness (QED) is 0.181. The molecule has 0 aromatic rings. The third kappa shape index (κ3) is 6.88. The van der Waals surface area contributed by atoms with Gasteiger partial charge in [0.2, 0.25) is 0 Å². The van der Waals surface area contributed by atoms with Crippen molar-refractivity contribution < 1.29 is 70.9 Å². The number of phosphoric ester groups is 1. The first-order valence-corrected chi connectivity index (χ1v) is 12.2. The first-order chi connectivity index (χ1) is 13.6. The van der Waals surface area contributed by atoms with Gasteiger partial charge < -0.3 is 44.6 Å². The molecule has 0 spiro atoms. The predicted octanol–water partition coefficient (Wildman–Crippen LogP) is -1.36. The van der Waals surface area contributed by atoms with Gasteiger partial charge in [0.05, 0.1) is 0 Å². The number of ether oxygens (including phenoxy) is 2. The summed E-state index contributed by atoms with van der Waals surface area (Å²) in [6, 6.07) is -0.839. The summed E-state index contributed by atoms with van der Waals surface area (Å²) in [6.07, 6.45) is -2.17. The average molecular weight is 500 g/mol. The number of carbonyl (C=O) groups is 1. The van der Waals surface area contributed by atoms with Crippen LogP contribution in [0.4, 0.5) is 4.79 Å². The summed E-state index contributed by atoms with van der Waals surface area (Å²) in [5.41, 5.74) is 0. The fourth-order valence-electron chi connectivity index (χ4n) is 2.47. The number of urea groups is 1. The van der Waals surface area contributed by atoms with Gasteiger partial charge in [-0.2, -0.15) is 8.62 Å². The van der Waals surface area contributed by atoms with Crippen molar-refractivity contribution in [3.8, 4) is 0 Å². The number of carbonyl (C=O) groups excluding carboxylic acids is 1. The minimum absolute atomic E-state index is 0.413. The van der Waals surface area contributed by atoms with E-state index in [1.54, 1.807) is 0 Å². The van der Waals surface area contributed by atoms with Crippen LogP contribution in [-0.2, 0) is 36.3 Å². The lowest BCUT2D eigenvalue weighted by molar-refractivity contribution is -0.241. The molecule has 2 aliphatic rings. The SMILES string of the molecule is CO[C@@]1(COP(=O)(O)OP(=O)(O)OP(=O)(O)O)C[C@@H](O)[C@H](N2C=CC(O)NC2=O)O1. The molecular weight excluding hydrogens is 481 g/mol. The van der Waals surface area contributed by atoms with Crippen LogP contribution >= 0.6 is 23.5 Å². The van der Waals surface area contributed by atoms with Crippen LogP contribution in [0.5, 0.6) is 0 Å². The number of nitrogens with zero attached hydrogens (tertiary/aromatic N) is 1. The molecule has 7 N–H and O–H groups in total. The van der Waals surface area contributed by atoms with E-state index < -0.39 is 66.9 Å². The number of hydrogen-bond donors (Lipinski definition) is 7. The van der Waals surface area contributed by atoms with Crippen molar-refractivity contribution in [1.29, 1.82) is 0 Å². The van der Waals surface area contributed by atoms with Gasteiger partial charge in [-0.05, 0) is 6.08 Å². The molecule has 0 radical (unpaired) electrons. The van der Waals surface area contributed by atoms with E-state index in [2.05, 4.69) is 18.5 Å². The monoisotopic (exact) mass is 500 g/mol. The highest BCUT2D eigenvalue weighted by Crippen LogP contribution is 2.66. The molecular formula is C10H19N2O15P3. The number of nitrogens with one attached hydrogen (secondary N) is 1. The van der Waals surface area contributed by atoms with Crippen LogP contribution in [0.25, 0.3) is 0 Å². The molecule has 3 unspecified atom stereocenters. The summed E-state index contributed by atoms with van der Waals surface area (Å²) in [6.45, 7) is -0.997. The number of aliphatic hydroxyl groups excluding tert-OH is 2. The Bertz CT molecular complexity index is 829. The molecule has 0 bridgehead atoms. The lowest BCUT2D eigenvalue weighted by Crippen LogP contribution is -2.52. The summed E-state index contributed by atoms with van der Waals surface area (Å²) < 4.78 is 55.9. The highest BCUT2D eigenvalue weighted by molar-refractivity contribution is 7.66. The van der Waals surface area contributed by atoms with E-state index >= 15 is 0 Å². The minimum atomic E-state index is -5.71. The Morgan fingerprint density at radius 3 is 2.37 bits per heavy atom. The van der Waals surface area contributed by atoms with Gasteiger partial charge in [-0.1, -0.05) is 0 Å². The molecule has 1 saturated heterocycles. The van der Waals surface area contributed by atoms with Gasteiger partial charge >= 0.3 is 29.5 Å². The molecule has 20 heteroatoms. The second-order valence-corrected chi connectivity index (χ2v) is 10.3. The van der Waals surface area contributed by atoms with E-state index in [1.165, 1.54) is 0 Å². The Balaban J connectivity index is 2.06. The standard InChI is InChI=1S/C10H19N2O15P3/c1-23-10(5-24-29(19,20)27-30(21,22)26-28(16,17)18)4-6(13)8(25-10)12-3-2-7(14)11-9(12)15/h2-3,6-8,13-14H,4-5H2,1H3,(H,11,15)(H,19,20)(H,21,22)(H2,16,17,18)/t6-,7?,8-,10+/m1/s1. The molecule has 2 heterocycles. The predicted molar refractivity (Wildman–Crippen MR) is 90.6 cm³/mol. The Labute approximate surface area is 168 Å². The normalized spacial score (nSPS) is 33.8. The summed E-state index contributed by atoms with van der Waals surface area (Å²) in [7, 11) is -15.7. The molecule has 2 amide bonds. The molecule has 0 aromatic carbocycles. The second-order valence-electron chi connectivity index (χ2n) is 5.90. The van der Waals surface area contributed by atoms with E-state index in [0.717, 1.165) is 24.3 Å². The maximum absolute atomic E-state index is 11.9. The van der Waals surface area contributed by atoms with Gasteiger partial charge in [0.1, 0.15) is 18.9 Å². The van der Waals surface area contributed by atoms with Crippen molar-refractivity contribution >= 4 is 29.5 Å². The summed E-state index contributed by atoms with van der Waals surface area (Å²) in [5.74, 6) is -1.94. The van der Waals surface area contributed by atoms with E-state index in [4.69, 9.17) is 24.2 Å². The van der Waals surface area contributed by atoms with Crippen molar-refractivity contribution in [2.24, 2.45) is 0 Å². The van der Waals surface area contributed by atoms with Gasteiger partial charge in [-0.25, -0.2) is 18.5 Å². The largest absolute Gasteiger partial charge is 0.490 e. The van der Waals surface area contributed by atoms with Gasteiger partial charge in [-0.15, -0.1) is 0 Å². The van der Waals surface area contributed by atoms with E-state index in [1.807, 2.05) is 0 Å². The van der Waals surface area contributed by atoms with Crippen LogP contribution < -0.4 is 5.32 Å². The Morgan fingerprint density at radius 1 is 1.20 bits per heavy atom. The first-order valence-electron chi connectivity index (χ1n) is 7.72. The summed E-state index contributed by atoms with van der Waals surface area (Å²) >= 11 is 0. The molecule has 6 atom stereocenters. The van der Waals surface area contributed by atoms with Crippen LogP contribution in [0, 0.1) is 0 Å². The molecule has 0 aromatic heterocycles. The lowest BCUT2D eigenvalue weighted by atomic mass is 10.1. The maximum Gasteiger partial charge on any atom is 0.490 e. The van der Waals surface area contributed by atoms with Gasteiger partial charge in [0.25, 0.3) is 0 Å². The number of amides is 2. The summed E-state index contributed by atoms with van der Waals surface area (Å²) in [5, 5.41) is 21.7. The molecule has 2 aliphatic heterocycles. The first kappa shape index (κ1) is 25.5. The van der Waals surface area contributed by atoms with Gasteiger partial charge in [-0.3, -0.25) is 9.42 Å². The highest BCUT2D eigenvalue weighted by Gasteiger charge is 2.52. The highest BCUT2D eigenvalue weighted by atomic mass is 31.3. The Morgan fingerprint density at radius 2 is 1.83 bits per heavy atom. The van der Waals surface area contributed by atoms with Gasteiger partial charge in [0.15, 0.2) is 12.0 Å². The zero-order valence-electron chi connectivity index (χ0n) is 14.9. The van der Waals surface area contributed by atoms with E-state index in [0.29, 0.717) is 0 Å². The maximum atomic E-state index is 11.9. The van der Waals surface area contributed by atoms with Gasteiger partial charge in [0, 0.05) is 19.7 Å². The van der Waals surface area contributed by atoms with Crippen molar-refractivity contribution in [3.63, 3.8) is 0 Å². The molecule has 174 valence electrons. The molecule has 0 aliphatic carbocycles. The van der Waals surface area contributed by atoms with Crippen molar-refractivity contribution in [2.45, 2.75) is 30.8 Å². The average Bonchev–Trinajstić information content (AvgIpc) is 2.87. The number of aliphatic hydroxyl groups is 2. The minimum Gasteiger partial charge on any atom is -0.388 e. The topological polar surface area (TPSA) is 251 Å². The van der Waals surface area contributed by atoms with Crippen molar-refractivity contribution in [3.05, 3.63) is 12.3 Å². The van der Waals surface area contributed by atoms with Crippen LogP contribution in [0.1, 0.15) is 6.42 Å². The third-order valence-corrected chi connectivity index (χ3v) is 7.41. The molecule has 17 nitrogen and oxygen atoms in total. The lowest BCUT2D eigenvalue weighted by Gasteiger charge is -2.33. The molecule has 30 heavy (non-hydrogen) atoms. The number of hydrogen-bond acceptors (Lipinski definition) is 11. The van der Waals surface area contributed by atoms with E-state index in [9.17, 15) is 33.6 Å². The zero-order valence-corrected chi connectivity index (χ0v) is 17.6. The van der Waals surface area contributed by atoms with Crippen LogP contribution in [0.2, 0.25) is 0 Å². The second kappa shape index (κ2) is 9.02. The molecule has 0 saturated carbocycles. The number of rotatable bonds is 9. The zero-order chi connectivity index (χ0) is 23.0. The number of phosphoric acid groups is 3. The van der Waals surface area contributed by atoms with Crippen LogP contribution in [-0.4, -0.2) is 78.8 Å².